The first kappa shape index (κ1) is 18.1. The van der Waals surface area contributed by atoms with Gasteiger partial charge in [0, 0.05) is 11.1 Å². The minimum Gasteiger partial charge on any atom is -0.473 e. The molecule has 0 aliphatic carbocycles. The highest BCUT2D eigenvalue weighted by Gasteiger charge is 2.24. The molecular formula is C22H21NO5. The molecule has 0 unspecified atom stereocenters. The number of esters is 1. The van der Waals surface area contributed by atoms with Gasteiger partial charge in [-0.25, -0.2) is 9.59 Å². The van der Waals surface area contributed by atoms with Crippen LogP contribution in [0, 0.1) is 6.92 Å². The van der Waals surface area contributed by atoms with Crippen LogP contribution in [-0.4, -0.2) is 18.8 Å². The molecule has 1 aliphatic rings. The first-order valence-corrected chi connectivity index (χ1v) is 9.17. The maximum atomic E-state index is 12.4. The van der Waals surface area contributed by atoms with Crippen molar-refractivity contribution in [3.63, 3.8) is 0 Å². The van der Waals surface area contributed by atoms with E-state index in [9.17, 15) is 9.59 Å². The molecule has 0 amide bonds. The second-order valence-electron chi connectivity index (χ2n) is 7.17. The van der Waals surface area contributed by atoms with Crippen LogP contribution >= 0.6 is 0 Å². The summed E-state index contributed by atoms with van der Waals surface area (Å²) in [6.07, 6.45) is -0.317. The van der Waals surface area contributed by atoms with Gasteiger partial charge in [0.15, 0.2) is 6.73 Å². The normalized spacial score (nSPS) is 13.4. The lowest BCUT2D eigenvalue weighted by molar-refractivity contribution is 0.0373. The quantitative estimate of drug-likeness (QED) is 0.506. The van der Waals surface area contributed by atoms with Crippen molar-refractivity contribution in [2.24, 2.45) is 0 Å². The van der Waals surface area contributed by atoms with Gasteiger partial charge in [0.2, 0.25) is 0 Å². The van der Waals surface area contributed by atoms with Crippen LogP contribution in [0.4, 0.5) is 5.69 Å². The summed E-state index contributed by atoms with van der Waals surface area (Å²) in [5.41, 5.74) is 2.60. The number of aryl methyl sites for hydroxylation is 1. The first-order valence-electron chi connectivity index (χ1n) is 9.17. The molecule has 144 valence electrons. The molecule has 0 spiro atoms. The van der Waals surface area contributed by atoms with Gasteiger partial charge < -0.3 is 18.8 Å². The van der Waals surface area contributed by atoms with Gasteiger partial charge in [-0.05, 0) is 51.1 Å². The molecule has 4 rings (SSSR count). The Hall–Kier alpha value is -3.28. The van der Waals surface area contributed by atoms with Crippen molar-refractivity contribution in [3.05, 3.63) is 69.6 Å². The summed E-state index contributed by atoms with van der Waals surface area (Å²) in [4.78, 5) is 26.6. The molecule has 2 aromatic carbocycles. The lowest BCUT2D eigenvalue weighted by Gasteiger charge is -2.31. The van der Waals surface area contributed by atoms with Crippen LogP contribution in [0.1, 0.15) is 35.3 Å². The lowest BCUT2D eigenvalue weighted by atomic mass is 10.1. The highest BCUT2D eigenvalue weighted by Crippen LogP contribution is 2.34. The summed E-state index contributed by atoms with van der Waals surface area (Å²) < 4.78 is 16.5. The molecule has 6 nitrogen and oxygen atoms in total. The van der Waals surface area contributed by atoms with Crippen LogP contribution in [0.3, 0.4) is 0 Å². The van der Waals surface area contributed by atoms with Crippen LogP contribution < -0.4 is 15.3 Å². The fourth-order valence-corrected chi connectivity index (χ4v) is 3.23. The van der Waals surface area contributed by atoms with Gasteiger partial charge in [-0.1, -0.05) is 17.7 Å². The van der Waals surface area contributed by atoms with Crippen molar-refractivity contribution in [2.75, 3.05) is 11.6 Å². The van der Waals surface area contributed by atoms with Crippen molar-refractivity contribution < 1.29 is 18.7 Å². The summed E-state index contributed by atoms with van der Waals surface area (Å²) in [6, 6.07) is 13.3. The number of nitrogens with zero attached hydrogens (tertiary/aromatic N) is 1. The molecule has 0 fully saturated rings. The van der Waals surface area contributed by atoms with Crippen LogP contribution in [0.2, 0.25) is 0 Å². The molecule has 28 heavy (non-hydrogen) atoms. The number of hydrogen-bond donors (Lipinski definition) is 0. The van der Waals surface area contributed by atoms with E-state index in [0.29, 0.717) is 30.0 Å². The van der Waals surface area contributed by atoms with E-state index in [4.69, 9.17) is 13.9 Å². The fraction of sp³-hybridized carbons (Fsp3) is 0.273. The van der Waals surface area contributed by atoms with Crippen LogP contribution in [0.5, 0.6) is 5.75 Å². The summed E-state index contributed by atoms with van der Waals surface area (Å²) in [5, 5.41) is 0.656. The fourth-order valence-electron chi connectivity index (χ4n) is 3.23. The maximum Gasteiger partial charge on any atom is 0.351 e. The molecule has 2 heterocycles. The first-order chi connectivity index (χ1) is 13.4. The maximum absolute atomic E-state index is 12.4. The number of rotatable bonds is 3. The zero-order valence-corrected chi connectivity index (χ0v) is 16.0. The van der Waals surface area contributed by atoms with Gasteiger partial charge in [0.25, 0.3) is 0 Å². The Morgan fingerprint density at radius 3 is 2.61 bits per heavy atom. The number of carbonyl (C=O) groups excluding carboxylic acids is 1. The smallest absolute Gasteiger partial charge is 0.351 e. The predicted molar refractivity (Wildman–Crippen MR) is 106 cm³/mol. The Bertz CT molecular complexity index is 1100. The highest BCUT2D eigenvalue weighted by molar-refractivity contribution is 5.94. The molecule has 6 heteroatoms. The Kier molecular flexibility index (Phi) is 4.55. The van der Waals surface area contributed by atoms with Gasteiger partial charge in [0.05, 0.1) is 18.2 Å². The SMILES string of the molecule is Cc1ccc(N2COc3ccc4cc(C(=O)OC(C)C)c(=O)oc4c3C2)cc1. The van der Waals surface area contributed by atoms with Gasteiger partial charge in [-0.3, -0.25) is 0 Å². The predicted octanol–water partition coefficient (Wildman–Crippen LogP) is 4.02. The van der Waals surface area contributed by atoms with E-state index >= 15 is 0 Å². The molecule has 0 saturated carbocycles. The standard InChI is InChI=1S/C22H21NO5/c1-13(2)27-21(24)17-10-15-6-9-19-18(20(15)28-22(17)25)11-23(12-26-19)16-7-4-14(3)5-8-16/h4-10,13H,11-12H2,1-3H3. The largest absolute Gasteiger partial charge is 0.473 e. The van der Waals surface area contributed by atoms with Crippen LogP contribution in [-0.2, 0) is 11.3 Å². The third-order valence-corrected chi connectivity index (χ3v) is 4.65. The van der Waals surface area contributed by atoms with E-state index in [1.54, 1.807) is 19.9 Å². The Balaban J connectivity index is 1.74. The van der Waals surface area contributed by atoms with Crippen molar-refractivity contribution in [2.45, 2.75) is 33.4 Å². The second kappa shape index (κ2) is 7.03. The highest BCUT2D eigenvalue weighted by atomic mass is 16.5. The van der Waals surface area contributed by atoms with E-state index in [1.165, 1.54) is 11.6 Å². The van der Waals surface area contributed by atoms with Gasteiger partial charge in [-0.15, -0.1) is 0 Å². The minimum atomic E-state index is -0.709. The summed E-state index contributed by atoms with van der Waals surface area (Å²) in [5.74, 6) is -0.00239. The molecule has 0 atom stereocenters. The number of ether oxygens (including phenoxy) is 2. The van der Waals surface area contributed by atoms with Crippen molar-refractivity contribution in [3.8, 4) is 5.75 Å². The molecule has 0 saturated heterocycles. The van der Waals surface area contributed by atoms with Gasteiger partial charge >= 0.3 is 11.6 Å². The van der Waals surface area contributed by atoms with E-state index in [1.807, 2.05) is 37.3 Å². The van der Waals surface area contributed by atoms with Gasteiger partial charge in [0.1, 0.15) is 16.9 Å². The van der Waals surface area contributed by atoms with E-state index in [2.05, 4.69) is 4.90 Å². The zero-order valence-electron chi connectivity index (χ0n) is 16.0. The van der Waals surface area contributed by atoms with Crippen LogP contribution in [0.25, 0.3) is 11.0 Å². The van der Waals surface area contributed by atoms with E-state index in [-0.39, 0.29) is 11.7 Å². The Morgan fingerprint density at radius 2 is 1.89 bits per heavy atom. The topological polar surface area (TPSA) is 69.0 Å². The van der Waals surface area contributed by atoms with Crippen molar-refractivity contribution in [1.82, 2.24) is 0 Å². The van der Waals surface area contributed by atoms with Crippen molar-refractivity contribution in [1.29, 1.82) is 0 Å². The number of carbonyl (C=O) groups is 1. The average Bonchev–Trinajstić information content (AvgIpc) is 2.67. The molecule has 0 radical (unpaired) electrons. The number of anilines is 1. The van der Waals surface area contributed by atoms with Crippen molar-refractivity contribution >= 4 is 22.6 Å². The number of hydrogen-bond acceptors (Lipinski definition) is 6. The average molecular weight is 379 g/mol. The molecule has 1 aromatic heterocycles. The monoisotopic (exact) mass is 379 g/mol. The third kappa shape index (κ3) is 3.33. The molecule has 0 bridgehead atoms. The lowest BCUT2D eigenvalue weighted by Crippen LogP contribution is -2.32. The summed E-state index contributed by atoms with van der Waals surface area (Å²) in [6.45, 7) is 6.44. The molecular weight excluding hydrogens is 358 g/mol. The van der Waals surface area contributed by atoms with E-state index in [0.717, 1.165) is 11.3 Å². The Labute approximate surface area is 162 Å². The summed E-state index contributed by atoms with van der Waals surface area (Å²) >= 11 is 0. The minimum absolute atomic E-state index is 0.103. The van der Waals surface area contributed by atoms with Gasteiger partial charge in [-0.2, -0.15) is 0 Å². The Morgan fingerprint density at radius 1 is 1.14 bits per heavy atom. The number of benzene rings is 2. The second-order valence-corrected chi connectivity index (χ2v) is 7.17. The third-order valence-electron chi connectivity index (χ3n) is 4.65. The zero-order chi connectivity index (χ0) is 19.8. The van der Waals surface area contributed by atoms with Crippen LogP contribution in [0.15, 0.2) is 51.7 Å². The molecule has 1 aliphatic heterocycles. The molecule has 0 N–H and O–H groups in total. The van der Waals surface area contributed by atoms with E-state index < -0.39 is 11.6 Å². The number of fused-ring (bicyclic) bond motifs is 3. The summed E-state index contributed by atoms with van der Waals surface area (Å²) in [7, 11) is 0. The molecule has 3 aromatic rings.